The molecule has 0 saturated heterocycles. The first-order valence-corrected chi connectivity index (χ1v) is 12.2. The Hall–Kier alpha value is -4.55. The molecule has 0 fully saturated rings. The molecule has 0 aliphatic carbocycles. The number of amides is 2. The smallest absolute Gasteiger partial charge is 0.272 e. The minimum absolute atomic E-state index is 0.103. The summed E-state index contributed by atoms with van der Waals surface area (Å²) in [6.07, 6.45) is 4.93. The molecule has 0 bridgehead atoms. The number of nitrogens with one attached hydrogen (secondary N) is 2. The van der Waals surface area contributed by atoms with Crippen molar-refractivity contribution in [3.8, 4) is 0 Å². The fourth-order valence-electron chi connectivity index (χ4n) is 3.33. The number of carbonyl (C=O) groups excluding carboxylic acids is 3. The molecular weight excluding hydrogens is 468 g/mol. The lowest BCUT2D eigenvalue weighted by molar-refractivity contribution is -0.113. The third-order valence-electron chi connectivity index (χ3n) is 5.29. The van der Waals surface area contributed by atoms with Gasteiger partial charge in [-0.3, -0.25) is 14.4 Å². The van der Waals surface area contributed by atoms with Gasteiger partial charge in [-0.15, -0.1) is 11.3 Å². The molecular formula is C30H24N2O3S. The highest BCUT2D eigenvalue weighted by Gasteiger charge is 2.15. The van der Waals surface area contributed by atoms with Gasteiger partial charge < -0.3 is 10.6 Å². The lowest BCUT2D eigenvalue weighted by atomic mass is 10.1. The van der Waals surface area contributed by atoms with Gasteiger partial charge in [0.05, 0.1) is 0 Å². The van der Waals surface area contributed by atoms with Crippen LogP contribution in [0.15, 0.2) is 108 Å². The van der Waals surface area contributed by atoms with Gasteiger partial charge in [0.2, 0.25) is 0 Å². The second kappa shape index (κ2) is 11.7. The molecule has 0 aliphatic heterocycles. The van der Waals surface area contributed by atoms with E-state index in [4.69, 9.17) is 0 Å². The first-order chi connectivity index (χ1) is 17.5. The highest BCUT2D eigenvalue weighted by atomic mass is 32.1. The molecule has 178 valence electrons. The number of rotatable bonds is 8. The molecule has 2 amide bonds. The largest absolute Gasteiger partial charge is 0.321 e. The van der Waals surface area contributed by atoms with E-state index in [0.717, 1.165) is 16.0 Å². The fraction of sp³-hybridized carbons (Fsp3) is 0.0333. The Morgan fingerprint density at radius 3 is 2.17 bits per heavy atom. The van der Waals surface area contributed by atoms with Gasteiger partial charge in [0, 0.05) is 21.7 Å². The molecule has 36 heavy (non-hydrogen) atoms. The van der Waals surface area contributed by atoms with Crippen LogP contribution in [0.5, 0.6) is 0 Å². The summed E-state index contributed by atoms with van der Waals surface area (Å²) in [5.41, 5.74) is 3.42. The second-order valence-electron chi connectivity index (χ2n) is 8.03. The molecule has 1 heterocycles. The molecule has 6 heteroatoms. The number of aryl methyl sites for hydroxylation is 1. The van der Waals surface area contributed by atoms with E-state index >= 15 is 0 Å². The molecule has 3 aromatic carbocycles. The SMILES string of the molecule is Cc1ccc(/C=C(\NC(=O)c2ccccc2)C(=O)Nc2ccc(C(=O)/C=C/c3cccs3)cc2)cc1. The summed E-state index contributed by atoms with van der Waals surface area (Å²) >= 11 is 1.55. The average Bonchev–Trinajstić information content (AvgIpc) is 3.43. The van der Waals surface area contributed by atoms with E-state index in [2.05, 4.69) is 10.6 Å². The number of thiophene rings is 1. The maximum Gasteiger partial charge on any atom is 0.272 e. The van der Waals surface area contributed by atoms with Crippen LogP contribution in [-0.2, 0) is 4.79 Å². The second-order valence-corrected chi connectivity index (χ2v) is 9.01. The zero-order chi connectivity index (χ0) is 25.3. The minimum Gasteiger partial charge on any atom is -0.321 e. The van der Waals surface area contributed by atoms with Crippen molar-refractivity contribution in [3.05, 3.63) is 135 Å². The van der Waals surface area contributed by atoms with Gasteiger partial charge in [0.1, 0.15) is 5.70 Å². The minimum atomic E-state index is -0.475. The number of allylic oxidation sites excluding steroid dienone is 1. The summed E-state index contributed by atoms with van der Waals surface area (Å²) in [5, 5.41) is 7.48. The molecule has 0 spiro atoms. The number of carbonyl (C=O) groups is 3. The van der Waals surface area contributed by atoms with Crippen molar-refractivity contribution in [3.63, 3.8) is 0 Å². The average molecular weight is 493 g/mol. The van der Waals surface area contributed by atoms with Gasteiger partial charge in [0.15, 0.2) is 5.78 Å². The molecule has 4 aromatic rings. The van der Waals surface area contributed by atoms with Crippen molar-refractivity contribution < 1.29 is 14.4 Å². The fourth-order valence-corrected chi connectivity index (χ4v) is 3.95. The Balaban J connectivity index is 1.50. The summed E-state index contributed by atoms with van der Waals surface area (Å²) in [4.78, 5) is 39.3. The van der Waals surface area contributed by atoms with Gasteiger partial charge in [-0.05, 0) is 78.6 Å². The number of hydrogen-bond acceptors (Lipinski definition) is 4. The van der Waals surface area contributed by atoms with E-state index in [1.54, 1.807) is 72.0 Å². The summed E-state index contributed by atoms with van der Waals surface area (Å²) < 4.78 is 0. The van der Waals surface area contributed by atoms with Crippen molar-refractivity contribution in [2.75, 3.05) is 5.32 Å². The first kappa shape index (κ1) is 24.6. The predicted molar refractivity (Wildman–Crippen MR) is 146 cm³/mol. The molecule has 0 unspecified atom stereocenters. The van der Waals surface area contributed by atoms with Gasteiger partial charge in [-0.2, -0.15) is 0 Å². The van der Waals surface area contributed by atoms with Gasteiger partial charge in [-0.1, -0.05) is 54.1 Å². The number of hydrogen-bond donors (Lipinski definition) is 2. The number of ketones is 1. The van der Waals surface area contributed by atoms with Crippen LogP contribution < -0.4 is 10.6 Å². The summed E-state index contributed by atoms with van der Waals surface area (Å²) in [6.45, 7) is 1.98. The van der Waals surface area contributed by atoms with Crippen LogP contribution in [-0.4, -0.2) is 17.6 Å². The van der Waals surface area contributed by atoms with E-state index in [1.807, 2.05) is 54.8 Å². The van der Waals surface area contributed by atoms with Crippen LogP contribution in [0.4, 0.5) is 5.69 Å². The molecule has 0 radical (unpaired) electrons. The van der Waals surface area contributed by atoms with Crippen molar-refractivity contribution in [2.24, 2.45) is 0 Å². The summed E-state index contributed by atoms with van der Waals surface area (Å²) in [7, 11) is 0. The van der Waals surface area contributed by atoms with E-state index in [9.17, 15) is 14.4 Å². The molecule has 0 saturated carbocycles. The molecule has 0 aliphatic rings. The monoisotopic (exact) mass is 492 g/mol. The Labute approximate surface area is 213 Å². The topological polar surface area (TPSA) is 75.3 Å². The van der Waals surface area contributed by atoms with E-state index in [0.29, 0.717) is 16.8 Å². The van der Waals surface area contributed by atoms with Gasteiger partial charge in [0.25, 0.3) is 11.8 Å². The first-order valence-electron chi connectivity index (χ1n) is 11.3. The predicted octanol–water partition coefficient (Wildman–Crippen LogP) is 6.36. The highest BCUT2D eigenvalue weighted by Crippen LogP contribution is 2.15. The van der Waals surface area contributed by atoms with Crippen LogP contribution in [0.1, 0.15) is 36.7 Å². The Bertz CT molecular complexity index is 1400. The van der Waals surface area contributed by atoms with E-state index in [-0.39, 0.29) is 17.4 Å². The van der Waals surface area contributed by atoms with Gasteiger partial charge >= 0.3 is 0 Å². The normalized spacial score (nSPS) is 11.3. The standard InChI is InChI=1S/C30H24N2O3S/c1-21-9-11-22(12-10-21)20-27(32-29(34)24-6-3-2-4-7-24)30(35)31-25-15-13-23(14-16-25)28(33)18-17-26-8-5-19-36-26/h2-20H,1H3,(H,31,35)(H,32,34)/b18-17+,27-20-. The zero-order valence-corrected chi connectivity index (χ0v) is 20.4. The molecule has 5 nitrogen and oxygen atoms in total. The van der Waals surface area contributed by atoms with Crippen molar-refractivity contribution in [2.45, 2.75) is 6.92 Å². The molecule has 2 N–H and O–H groups in total. The number of anilines is 1. The maximum atomic E-state index is 13.1. The lowest BCUT2D eigenvalue weighted by Crippen LogP contribution is -2.30. The van der Waals surface area contributed by atoms with Crippen LogP contribution in [0.3, 0.4) is 0 Å². The van der Waals surface area contributed by atoms with Crippen LogP contribution >= 0.6 is 11.3 Å². The highest BCUT2D eigenvalue weighted by molar-refractivity contribution is 7.10. The van der Waals surface area contributed by atoms with Crippen LogP contribution in [0.25, 0.3) is 12.2 Å². The van der Waals surface area contributed by atoms with E-state index in [1.165, 1.54) is 6.08 Å². The van der Waals surface area contributed by atoms with Crippen molar-refractivity contribution in [1.29, 1.82) is 0 Å². The quantitative estimate of drug-likeness (QED) is 0.222. The Kier molecular flexibility index (Phi) is 8.01. The Morgan fingerprint density at radius 1 is 0.778 bits per heavy atom. The van der Waals surface area contributed by atoms with Crippen molar-refractivity contribution >= 4 is 46.8 Å². The lowest BCUT2D eigenvalue weighted by Gasteiger charge is -2.12. The summed E-state index contributed by atoms with van der Waals surface area (Å²) in [5.74, 6) is -0.990. The van der Waals surface area contributed by atoms with Gasteiger partial charge in [-0.25, -0.2) is 0 Å². The van der Waals surface area contributed by atoms with Crippen molar-refractivity contribution in [1.82, 2.24) is 5.32 Å². The van der Waals surface area contributed by atoms with E-state index < -0.39 is 5.91 Å². The molecule has 0 atom stereocenters. The third-order valence-corrected chi connectivity index (χ3v) is 6.12. The number of benzene rings is 3. The molecule has 1 aromatic heterocycles. The molecule has 4 rings (SSSR count). The zero-order valence-electron chi connectivity index (χ0n) is 19.6. The van der Waals surface area contributed by atoms with Crippen LogP contribution in [0, 0.1) is 6.92 Å². The third kappa shape index (κ3) is 6.74. The van der Waals surface area contributed by atoms with Crippen LogP contribution in [0.2, 0.25) is 0 Å². The maximum absolute atomic E-state index is 13.1. The summed E-state index contributed by atoms with van der Waals surface area (Å²) in [6, 6.07) is 26.8. The Morgan fingerprint density at radius 2 is 1.50 bits per heavy atom.